The molecule has 0 spiro atoms. The molecule has 0 heterocycles. The molecule has 5 heteroatoms. The fourth-order valence-corrected chi connectivity index (χ4v) is 1.42. The van der Waals surface area contributed by atoms with Crippen molar-refractivity contribution in [3.05, 3.63) is 29.8 Å². The van der Waals surface area contributed by atoms with Crippen molar-refractivity contribution in [2.45, 2.75) is 19.4 Å². The summed E-state index contributed by atoms with van der Waals surface area (Å²) in [5.74, 6) is -0.309. The molecule has 5 nitrogen and oxygen atoms in total. The number of nitrogens with zero attached hydrogens (tertiary/aromatic N) is 1. The van der Waals surface area contributed by atoms with Crippen molar-refractivity contribution in [1.29, 1.82) is 0 Å². The molecule has 0 aliphatic rings. The zero-order valence-electron chi connectivity index (χ0n) is 11.6. The first-order valence-corrected chi connectivity index (χ1v) is 6.15. The molecule has 0 amide bonds. The number of benzene rings is 1. The molecule has 0 bridgehead atoms. The van der Waals surface area contributed by atoms with Gasteiger partial charge in [0.05, 0.1) is 12.2 Å². The first-order chi connectivity index (χ1) is 8.86. The minimum absolute atomic E-state index is 0.0802. The van der Waals surface area contributed by atoms with Gasteiger partial charge in [-0.2, -0.15) is 0 Å². The van der Waals surface area contributed by atoms with Crippen LogP contribution in [0.3, 0.4) is 0 Å². The van der Waals surface area contributed by atoms with Gasteiger partial charge in [-0.15, -0.1) is 0 Å². The fraction of sp³-hybridized carbons (Fsp3) is 0.500. The Balaban J connectivity index is 2.43. The van der Waals surface area contributed by atoms with E-state index in [1.54, 1.807) is 12.1 Å². The maximum Gasteiger partial charge on any atom is 0.335 e. The zero-order valence-corrected chi connectivity index (χ0v) is 11.6. The Morgan fingerprint density at radius 1 is 1.32 bits per heavy atom. The lowest BCUT2D eigenvalue weighted by molar-refractivity contribution is 0.0678. The van der Waals surface area contributed by atoms with Crippen LogP contribution in [0.15, 0.2) is 24.3 Å². The van der Waals surface area contributed by atoms with E-state index in [1.807, 2.05) is 25.8 Å². The molecule has 0 aliphatic carbocycles. The van der Waals surface area contributed by atoms with Crippen LogP contribution < -0.4 is 4.74 Å². The third-order valence-electron chi connectivity index (χ3n) is 3.22. The number of hydrogen-bond acceptors (Lipinski definition) is 4. The summed E-state index contributed by atoms with van der Waals surface area (Å²) in [6.45, 7) is 5.14. The van der Waals surface area contributed by atoms with Crippen LogP contribution in [0.4, 0.5) is 0 Å². The van der Waals surface area contributed by atoms with Crippen LogP contribution in [0.2, 0.25) is 0 Å². The quantitative estimate of drug-likeness (QED) is 0.783. The summed E-state index contributed by atoms with van der Waals surface area (Å²) in [5.41, 5.74) is -0.0397. The molecule has 0 radical (unpaired) electrons. The maximum absolute atomic E-state index is 10.7. The second-order valence-corrected chi connectivity index (χ2v) is 5.07. The van der Waals surface area contributed by atoms with Crippen LogP contribution in [0.25, 0.3) is 0 Å². The van der Waals surface area contributed by atoms with Crippen LogP contribution in [0.1, 0.15) is 24.2 Å². The van der Waals surface area contributed by atoms with Crippen molar-refractivity contribution in [3.63, 3.8) is 0 Å². The minimum atomic E-state index is -0.948. The summed E-state index contributed by atoms with van der Waals surface area (Å²) in [6.07, 6.45) is 0. The van der Waals surface area contributed by atoms with E-state index in [0.29, 0.717) is 18.9 Å². The van der Waals surface area contributed by atoms with Gasteiger partial charge in [0, 0.05) is 12.1 Å². The van der Waals surface area contributed by atoms with Gasteiger partial charge < -0.3 is 14.9 Å². The second kappa shape index (κ2) is 6.54. The molecule has 0 saturated heterocycles. The van der Waals surface area contributed by atoms with Gasteiger partial charge in [-0.25, -0.2) is 4.79 Å². The third kappa shape index (κ3) is 4.54. The van der Waals surface area contributed by atoms with E-state index < -0.39 is 5.97 Å². The Labute approximate surface area is 113 Å². The molecule has 0 aliphatic heterocycles. The average molecular weight is 267 g/mol. The zero-order chi connectivity index (χ0) is 14.5. The van der Waals surface area contributed by atoms with Gasteiger partial charge in [0.2, 0.25) is 0 Å². The van der Waals surface area contributed by atoms with Crippen molar-refractivity contribution in [1.82, 2.24) is 4.90 Å². The molecule has 0 fully saturated rings. The SMILES string of the molecule is CN(CCOc1ccc(C(=O)O)cc1)C(C)(C)CO. The first-order valence-electron chi connectivity index (χ1n) is 6.15. The molecule has 1 aromatic carbocycles. The van der Waals surface area contributed by atoms with E-state index in [0.717, 1.165) is 0 Å². The molecule has 0 unspecified atom stereocenters. The number of aromatic carboxylic acids is 1. The molecule has 0 atom stereocenters. The van der Waals surface area contributed by atoms with Crippen LogP contribution in [-0.4, -0.2) is 53.4 Å². The van der Waals surface area contributed by atoms with Crippen LogP contribution in [0, 0.1) is 0 Å². The van der Waals surface area contributed by atoms with E-state index in [1.165, 1.54) is 12.1 Å². The highest BCUT2D eigenvalue weighted by Crippen LogP contribution is 2.13. The standard InChI is InChI=1S/C14H21NO4/c1-14(2,10-16)15(3)8-9-19-12-6-4-11(5-7-12)13(17)18/h4-7,16H,8-10H2,1-3H3,(H,17,18). The Hall–Kier alpha value is -1.59. The van der Waals surface area contributed by atoms with Gasteiger partial charge in [0.25, 0.3) is 0 Å². The van der Waals surface area contributed by atoms with Crippen molar-refractivity contribution >= 4 is 5.97 Å². The van der Waals surface area contributed by atoms with Crippen molar-refractivity contribution in [2.24, 2.45) is 0 Å². The third-order valence-corrected chi connectivity index (χ3v) is 3.22. The molecular weight excluding hydrogens is 246 g/mol. The monoisotopic (exact) mass is 267 g/mol. The molecule has 0 saturated carbocycles. The number of likely N-dealkylation sites (N-methyl/N-ethyl adjacent to an activating group) is 1. The summed E-state index contributed by atoms with van der Waals surface area (Å²) >= 11 is 0. The van der Waals surface area contributed by atoms with Crippen LogP contribution >= 0.6 is 0 Å². The van der Waals surface area contributed by atoms with Crippen molar-refractivity contribution in [2.75, 3.05) is 26.8 Å². The number of ether oxygens (including phenoxy) is 1. The molecule has 19 heavy (non-hydrogen) atoms. The first kappa shape index (κ1) is 15.5. The molecular formula is C14H21NO4. The highest BCUT2D eigenvalue weighted by atomic mass is 16.5. The Kier molecular flexibility index (Phi) is 5.32. The normalized spacial score (nSPS) is 11.6. The highest BCUT2D eigenvalue weighted by Gasteiger charge is 2.21. The number of carbonyl (C=O) groups is 1. The Morgan fingerprint density at radius 3 is 2.37 bits per heavy atom. The Bertz CT molecular complexity index is 414. The van der Waals surface area contributed by atoms with E-state index in [-0.39, 0.29) is 17.7 Å². The lowest BCUT2D eigenvalue weighted by Gasteiger charge is -2.33. The largest absolute Gasteiger partial charge is 0.492 e. The topological polar surface area (TPSA) is 70.0 Å². The lowest BCUT2D eigenvalue weighted by Crippen LogP contribution is -2.45. The average Bonchev–Trinajstić information content (AvgIpc) is 2.39. The summed E-state index contributed by atoms with van der Waals surface area (Å²) in [7, 11) is 1.92. The predicted octanol–water partition coefficient (Wildman–Crippen LogP) is 1.47. The summed E-state index contributed by atoms with van der Waals surface area (Å²) in [5, 5.41) is 18.0. The van der Waals surface area contributed by atoms with Crippen molar-refractivity contribution < 1.29 is 19.7 Å². The Morgan fingerprint density at radius 2 is 1.89 bits per heavy atom. The predicted molar refractivity (Wildman–Crippen MR) is 72.7 cm³/mol. The van der Waals surface area contributed by atoms with Crippen LogP contribution in [0.5, 0.6) is 5.75 Å². The van der Waals surface area contributed by atoms with E-state index in [4.69, 9.17) is 9.84 Å². The maximum atomic E-state index is 10.7. The minimum Gasteiger partial charge on any atom is -0.492 e. The highest BCUT2D eigenvalue weighted by molar-refractivity contribution is 5.87. The van der Waals surface area contributed by atoms with Gasteiger partial charge >= 0.3 is 5.97 Å². The van der Waals surface area contributed by atoms with Gasteiger partial charge in [0.15, 0.2) is 0 Å². The number of carboxylic acid groups (broad SMARTS) is 1. The summed E-state index contributed by atoms with van der Waals surface area (Å²) in [4.78, 5) is 12.7. The van der Waals surface area contributed by atoms with Gasteiger partial charge in [-0.1, -0.05) is 0 Å². The second-order valence-electron chi connectivity index (χ2n) is 5.07. The molecule has 0 aromatic heterocycles. The van der Waals surface area contributed by atoms with Gasteiger partial charge in [0.1, 0.15) is 12.4 Å². The smallest absolute Gasteiger partial charge is 0.335 e. The summed E-state index contributed by atoms with van der Waals surface area (Å²) < 4.78 is 5.53. The van der Waals surface area contributed by atoms with Gasteiger partial charge in [-0.05, 0) is 45.2 Å². The van der Waals surface area contributed by atoms with E-state index in [2.05, 4.69) is 0 Å². The molecule has 1 aromatic rings. The van der Waals surface area contributed by atoms with E-state index >= 15 is 0 Å². The lowest BCUT2D eigenvalue weighted by atomic mass is 10.1. The summed E-state index contributed by atoms with van der Waals surface area (Å²) in [6, 6.07) is 6.30. The van der Waals surface area contributed by atoms with Gasteiger partial charge in [-0.3, -0.25) is 4.90 Å². The fourth-order valence-electron chi connectivity index (χ4n) is 1.42. The number of carboxylic acids is 1. The number of aliphatic hydroxyl groups is 1. The number of hydrogen-bond donors (Lipinski definition) is 2. The van der Waals surface area contributed by atoms with E-state index in [9.17, 15) is 9.90 Å². The van der Waals surface area contributed by atoms with Crippen LogP contribution in [-0.2, 0) is 0 Å². The molecule has 106 valence electrons. The van der Waals surface area contributed by atoms with Crippen molar-refractivity contribution in [3.8, 4) is 5.75 Å². The molecule has 1 rings (SSSR count). The number of aliphatic hydroxyl groups excluding tert-OH is 1. The molecule has 2 N–H and O–H groups in total. The number of rotatable bonds is 7.